The Morgan fingerprint density at radius 2 is 1.03 bits per heavy atom. The van der Waals surface area contributed by atoms with Crippen LogP contribution in [0.25, 0.3) is 22.8 Å². The minimum absolute atomic E-state index is 0.0704. The molecule has 0 fully saturated rings. The maximum Gasteiger partial charge on any atom is 0.341 e. The van der Waals surface area contributed by atoms with Gasteiger partial charge in [0.25, 0.3) is 0 Å². The molecule has 0 spiro atoms. The lowest BCUT2D eigenvalue weighted by molar-refractivity contribution is 0.0686. The quantitative estimate of drug-likeness (QED) is 0.398. The molecule has 2 aromatic heterocycles. The second kappa shape index (κ2) is 10.0. The van der Waals surface area contributed by atoms with Crippen molar-refractivity contribution in [2.24, 2.45) is 9.98 Å². The van der Waals surface area contributed by atoms with E-state index in [1.807, 2.05) is 36.4 Å². The lowest BCUT2D eigenvalue weighted by Crippen LogP contribution is -2.02. The van der Waals surface area contributed by atoms with Crippen LogP contribution in [0.4, 0.5) is 11.6 Å². The van der Waals surface area contributed by atoms with E-state index in [0.29, 0.717) is 22.8 Å². The molecule has 0 amide bonds. The van der Waals surface area contributed by atoms with Gasteiger partial charge in [0.15, 0.2) is 23.3 Å². The average Bonchev–Trinajstić information content (AvgIpc) is 2.87. The second-order valence-electron chi connectivity index (χ2n) is 6.76. The molecule has 0 saturated carbocycles. The number of rotatable bonds is 7. The fourth-order valence-electron chi connectivity index (χ4n) is 2.90. The number of nitrogens with zero attached hydrogens (tertiary/aromatic N) is 6. The van der Waals surface area contributed by atoms with Crippen molar-refractivity contribution >= 4 is 36.0 Å². The zero-order chi connectivity index (χ0) is 23.9. The van der Waals surface area contributed by atoms with Gasteiger partial charge in [-0.2, -0.15) is 0 Å². The second-order valence-corrected chi connectivity index (χ2v) is 6.76. The zero-order valence-electron chi connectivity index (χ0n) is 17.5. The third kappa shape index (κ3) is 5.02. The first kappa shape index (κ1) is 22.1. The molecule has 166 valence electrons. The van der Waals surface area contributed by atoms with E-state index in [4.69, 9.17) is 0 Å². The minimum Gasteiger partial charge on any atom is -0.477 e. The fourth-order valence-corrected chi connectivity index (χ4v) is 2.90. The van der Waals surface area contributed by atoms with Gasteiger partial charge in [-0.25, -0.2) is 39.5 Å². The topological polar surface area (TPSA) is 151 Å². The predicted octanol–water partition coefficient (Wildman–Crippen LogP) is 4.10. The normalized spacial score (nSPS) is 11.2. The van der Waals surface area contributed by atoms with E-state index in [1.54, 1.807) is 24.3 Å². The largest absolute Gasteiger partial charge is 0.477 e. The summed E-state index contributed by atoms with van der Waals surface area (Å²) in [7, 11) is 0. The van der Waals surface area contributed by atoms with Gasteiger partial charge in [-0.05, 0) is 0 Å². The van der Waals surface area contributed by atoms with Gasteiger partial charge >= 0.3 is 11.9 Å². The first-order valence-corrected chi connectivity index (χ1v) is 9.91. The number of aromatic nitrogens is 4. The molecule has 4 rings (SSSR count). The van der Waals surface area contributed by atoms with Crippen LogP contribution in [0.5, 0.6) is 0 Å². The first-order valence-electron chi connectivity index (χ1n) is 9.91. The summed E-state index contributed by atoms with van der Waals surface area (Å²) in [6.07, 6.45) is 4.78. The van der Waals surface area contributed by atoms with Crippen LogP contribution in [0, 0.1) is 0 Å². The fraction of sp³-hybridized carbons (Fsp3) is 0. The van der Waals surface area contributed by atoms with Crippen molar-refractivity contribution in [1.82, 2.24) is 19.9 Å². The molecule has 2 N–H and O–H groups in total. The van der Waals surface area contributed by atoms with Crippen LogP contribution < -0.4 is 0 Å². The monoisotopic (exact) mass is 452 g/mol. The Labute approximate surface area is 193 Å². The molecule has 2 heterocycles. The SMILES string of the molecule is O=C(O)c1cnc(-c2ccccc2)nc1N=CC=Nc1nc(-c2ccccc2)ncc1C(=O)O. The average molecular weight is 452 g/mol. The molecule has 10 nitrogen and oxygen atoms in total. The summed E-state index contributed by atoms with van der Waals surface area (Å²) in [4.78, 5) is 47.9. The number of carboxylic acid groups (broad SMARTS) is 2. The zero-order valence-corrected chi connectivity index (χ0v) is 17.5. The Balaban J connectivity index is 1.65. The third-order valence-electron chi connectivity index (χ3n) is 4.52. The summed E-state index contributed by atoms with van der Waals surface area (Å²) in [5.41, 5.74) is 1.02. The molecular formula is C24H16N6O4. The van der Waals surface area contributed by atoms with Gasteiger partial charge in [0.05, 0.1) is 0 Å². The van der Waals surface area contributed by atoms with Crippen LogP contribution in [-0.4, -0.2) is 54.5 Å². The van der Waals surface area contributed by atoms with Gasteiger partial charge in [-0.3, -0.25) is 0 Å². The summed E-state index contributed by atoms with van der Waals surface area (Å²) in [6.45, 7) is 0. The molecule has 34 heavy (non-hydrogen) atoms. The highest BCUT2D eigenvalue weighted by Gasteiger charge is 2.15. The number of hydrogen-bond acceptors (Lipinski definition) is 8. The van der Waals surface area contributed by atoms with Gasteiger partial charge in [0.1, 0.15) is 11.1 Å². The van der Waals surface area contributed by atoms with E-state index in [0.717, 1.165) is 0 Å². The number of aromatic carboxylic acids is 2. The van der Waals surface area contributed by atoms with E-state index in [2.05, 4.69) is 29.9 Å². The Morgan fingerprint density at radius 3 is 1.38 bits per heavy atom. The maximum atomic E-state index is 11.5. The van der Waals surface area contributed by atoms with E-state index in [9.17, 15) is 19.8 Å². The summed E-state index contributed by atoms with van der Waals surface area (Å²) < 4.78 is 0. The minimum atomic E-state index is -1.24. The molecule has 4 aromatic rings. The number of hydrogen-bond donors (Lipinski definition) is 2. The lowest BCUT2D eigenvalue weighted by Gasteiger charge is -2.04. The van der Waals surface area contributed by atoms with E-state index < -0.39 is 11.9 Å². The van der Waals surface area contributed by atoms with Crippen molar-refractivity contribution in [2.75, 3.05) is 0 Å². The molecule has 0 saturated heterocycles. The lowest BCUT2D eigenvalue weighted by atomic mass is 10.2. The summed E-state index contributed by atoms with van der Waals surface area (Å²) in [6, 6.07) is 18.1. The van der Waals surface area contributed by atoms with Crippen LogP contribution in [0.15, 0.2) is 83.0 Å². The molecule has 10 heteroatoms. The molecular weight excluding hydrogens is 436 g/mol. The predicted molar refractivity (Wildman–Crippen MR) is 125 cm³/mol. The highest BCUT2D eigenvalue weighted by molar-refractivity contribution is 6.18. The van der Waals surface area contributed by atoms with Crippen molar-refractivity contribution in [3.8, 4) is 22.8 Å². The van der Waals surface area contributed by atoms with Gasteiger partial charge in [0.2, 0.25) is 0 Å². The molecule has 2 aromatic carbocycles. The van der Waals surface area contributed by atoms with Crippen LogP contribution >= 0.6 is 0 Å². The van der Waals surface area contributed by atoms with Crippen molar-refractivity contribution in [3.05, 3.63) is 84.2 Å². The number of carbonyl (C=O) groups is 2. The van der Waals surface area contributed by atoms with Gasteiger partial charge in [-0.15, -0.1) is 0 Å². The van der Waals surface area contributed by atoms with Crippen molar-refractivity contribution < 1.29 is 19.8 Å². The maximum absolute atomic E-state index is 11.5. The molecule has 0 aliphatic carbocycles. The van der Waals surface area contributed by atoms with Crippen LogP contribution in [0.3, 0.4) is 0 Å². The molecule has 0 aliphatic rings. The van der Waals surface area contributed by atoms with Crippen LogP contribution in [-0.2, 0) is 0 Å². The standard InChI is InChI=1S/C24H16N6O4/c31-23(32)17-13-27-19(15-7-3-1-4-8-15)29-21(17)25-11-12-26-22-18(24(33)34)14-28-20(30-22)16-9-5-2-6-10-16/h1-14H,(H,31,32)(H,33,34). The Bertz CT molecular complexity index is 1300. The summed E-state index contributed by atoms with van der Waals surface area (Å²) in [5.74, 6) is -1.99. The van der Waals surface area contributed by atoms with Gasteiger partial charge < -0.3 is 10.2 Å². The smallest absolute Gasteiger partial charge is 0.341 e. The first-order chi connectivity index (χ1) is 16.5. The molecule has 0 bridgehead atoms. The van der Waals surface area contributed by atoms with E-state index in [-0.39, 0.29) is 22.8 Å². The van der Waals surface area contributed by atoms with Gasteiger partial charge in [-0.1, -0.05) is 60.7 Å². The number of aliphatic imine (C=N–C) groups is 2. The Hall–Kier alpha value is -5.12. The highest BCUT2D eigenvalue weighted by Crippen LogP contribution is 2.22. The van der Waals surface area contributed by atoms with Crippen molar-refractivity contribution in [2.45, 2.75) is 0 Å². The molecule has 0 aliphatic heterocycles. The van der Waals surface area contributed by atoms with E-state index in [1.165, 1.54) is 24.8 Å². The van der Waals surface area contributed by atoms with Crippen LogP contribution in [0.1, 0.15) is 20.7 Å². The number of carboxylic acids is 2. The molecule has 0 radical (unpaired) electrons. The third-order valence-corrected chi connectivity index (χ3v) is 4.52. The highest BCUT2D eigenvalue weighted by atomic mass is 16.4. The Morgan fingerprint density at radius 1 is 0.647 bits per heavy atom. The van der Waals surface area contributed by atoms with E-state index >= 15 is 0 Å². The number of benzene rings is 2. The molecule has 0 atom stereocenters. The van der Waals surface area contributed by atoms with Crippen LogP contribution in [0.2, 0.25) is 0 Å². The molecule has 0 unspecified atom stereocenters. The summed E-state index contributed by atoms with van der Waals surface area (Å²) >= 11 is 0. The van der Waals surface area contributed by atoms with Gasteiger partial charge in [0, 0.05) is 35.9 Å². The Kier molecular flexibility index (Phi) is 6.50. The van der Waals surface area contributed by atoms with Crippen molar-refractivity contribution in [3.63, 3.8) is 0 Å². The van der Waals surface area contributed by atoms with Crippen molar-refractivity contribution in [1.29, 1.82) is 0 Å². The summed E-state index contributed by atoms with van der Waals surface area (Å²) in [5, 5.41) is 18.9.